The van der Waals surface area contributed by atoms with E-state index >= 15 is 0 Å². The molecule has 0 saturated heterocycles. The normalized spacial score (nSPS) is 12.1. The number of aryl methyl sites for hydroxylation is 2. The molecule has 3 aromatic heterocycles. The van der Waals surface area contributed by atoms with E-state index in [-0.39, 0.29) is 0 Å². The number of nitrogens with zero attached hydrogens (tertiary/aromatic N) is 5. The largest absolute Gasteiger partial charge is 0.332 e. The number of benzene rings is 1. The third kappa shape index (κ3) is 3.03. The molecule has 8 heteroatoms. The summed E-state index contributed by atoms with van der Waals surface area (Å²) in [7, 11) is 0. The van der Waals surface area contributed by atoms with Crippen molar-refractivity contribution in [2.75, 3.05) is 0 Å². The fourth-order valence-electron chi connectivity index (χ4n) is 2.63. The van der Waals surface area contributed by atoms with E-state index < -0.39 is 5.54 Å². The van der Waals surface area contributed by atoms with Gasteiger partial charge in [0, 0.05) is 13.0 Å². The van der Waals surface area contributed by atoms with E-state index in [1.807, 2.05) is 50.5 Å². The Morgan fingerprint density at radius 3 is 2.92 bits per heavy atom. The van der Waals surface area contributed by atoms with Gasteiger partial charge in [-0.1, -0.05) is 17.3 Å². The van der Waals surface area contributed by atoms with Gasteiger partial charge in [-0.05, 0) is 32.0 Å². The second-order valence-electron chi connectivity index (χ2n) is 6.58. The summed E-state index contributed by atoms with van der Waals surface area (Å²) in [6.45, 7) is 4.53. The summed E-state index contributed by atoms with van der Waals surface area (Å²) >= 11 is 0. The number of hydrogen-bond acceptors (Lipinski definition) is 6. The van der Waals surface area contributed by atoms with E-state index in [1.54, 1.807) is 0 Å². The predicted octanol–water partition coefficient (Wildman–Crippen LogP) is 2.25. The molecule has 0 amide bonds. The van der Waals surface area contributed by atoms with Gasteiger partial charge in [0.1, 0.15) is 0 Å². The van der Waals surface area contributed by atoms with Gasteiger partial charge in [0.05, 0.1) is 28.6 Å². The first-order chi connectivity index (χ1) is 12.0. The van der Waals surface area contributed by atoms with Crippen molar-refractivity contribution in [1.82, 2.24) is 29.9 Å². The highest BCUT2D eigenvalue weighted by molar-refractivity contribution is 5.74. The molecule has 0 fully saturated rings. The molecule has 8 nitrogen and oxygen atoms in total. The molecule has 0 aliphatic rings. The van der Waals surface area contributed by atoms with Crippen molar-refractivity contribution in [3.8, 4) is 11.6 Å². The Balaban J connectivity index is 1.49. The first-order valence-electron chi connectivity index (χ1n) is 8.08. The molecular weight excluding hydrogens is 318 g/mol. The molecular formula is C17H19N7O. The molecule has 0 unspecified atom stereocenters. The van der Waals surface area contributed by atoms with Crippen molar-refractivity contribution < 1.29 is 4.52 Å². The Kier molecular flexibility index (Phi) is 3.61. The fourth-order valence-corrected chi connectivity index (χ4v) is 2.63. The van der Waals surface area contributed by atoms with Gasteiger partial charge in [0.15, 0.2) is 11.5 Å². The van der Waals surface area contributed by atoms with Crippen LogP contribution in [0.5, 0.6) is 0 Å². The van der Waals surface area contributed by atoms with E-state index in [9.17, 15) is 0 Å². The number of rotatable bonds is 5. The van der Waals surface area contributed by atoms with Crippen LogP contribution in [0.1, 0.15) is 25.4 Å². The minimum atomic E-state index is -0.503. The van der Waals surface area contributed by atoms with Gasteiger partial charge in [-0.15, -0.1) is 0 Å². The topological polar surface area (TPSA) is 111 Å². The summed E-state index contributed by atoms with van der Waals surface area (Å²) in [5.41, 5.74) is 9.03. The summed E-state index contributed by atoms with van der Waals surface area (Å²) in [6.07, 6.45) is 2.47. The maximum Gasteiger partial charge on any atom is 0.278 e. The van der Waals surface area contributed by atoms with E-state index in [0.717, 1.165) is 23.3 Å². The zero-order valence-electron chi connectivity index (χ0n) is 14.1. The highest BCUT2D eigenvalue weighted by atomic mass is 16.5. The van der Waals surface area contributed by atoms with Crippen molar-refractivity contribution in [3.05, 3.63) is 48.2 Å². The average Bonchev–Trinajstić information content (AvgIpc) is 3.31. The number of nitrogens with one attached hydrogen (secondary N) is 1. The lowest BCUT2D eigenvalue weighted by atomic mass is 10.0. The Labute approximate surface area is 144 Å². The SMILES string of the molecule is CC(C)(N)c1cc(-c2nc(CCn3cnc4ccccc43)no2)n[nH]1. The number of aromatic amines is 1. The molecule has 0 spiro atoms. The number of imidazole rings is 1. The summed E-state index contributed by atoms with van der Waals surface area (Å²) in [4.78, 5) is 8.80. The van der Waals surface area contributed by atoms with Crippen LogP contribution in [0.3, 0.4) is 0 Å². The Bertz CT molecular complexity index is 1010. The number of nitrogens with two attached hydrogens (primary N) is 1. The van der Waals surface area contributed by atoms with Crippen LogP contribution in [-0.2, 0) is 18.5 Å². The lowest BCUT2D eigenvalue weighted by molar-refractivity contribution is 0.419. The van der Waals surface area contributed by atoms with E-state index in [1.165, 1.54) is 0 Å². The molecule has 4 rings (SSSR count). The fraction of sp³-hybridized carbons (Fsp3) is 0.294. The van der Waals surface area contributed by atoms with Crippen LogP contribution in [0.15, 0.2) is 41.2 Å². The lowest BCUT2D eigenvalue weighted by Crippen LogP contribution is -2.28. The van der Waals surface area contributed by atoms with Crippen molar-refractivity contribution in [3.63, 3.8) is 0 Å². The zero-order valence-corrected chi connectivity index (χ0v) is 14.1. The van der Waals surface area contributed by atoms with Crippen LogP contribution in [0.2, 0.25) is 0 Å². The van der Waals surface area contributed by atoms with Crippen LogP contribution in [0, 0.1) is 0 Å². The molecule has 0 saturated carbocycles. The Hall–Kier alpha value is -3.00. The van der Waals surface area contributed by atoms with E-state index in [4.69, 9.17) is 10.3 Å². The van der Waals surface area contributed by atoms with Crippen molar-refractivity contribution >= 4 is 11.0 Å². The molecule has 4 aromatic rings. The van der Waals surface area contributed by atoms with Gasteiger partial charge in [-0.2, -0.15) is 10.1 Å². The Morgan fingerprint density at radius 1 is 1.28 bits per heavy atom. The molecule has 0 bridgehead atoms. The average molecular weight is 337 g/mol. The summed E-state index contributed by atoms with van der Waals surface area (Å²) in [5, 5.41) is 11.2. The quantitative estimate of drug-likeness (QED) is 0.578. The van der Waals surface area contributed by atoms with Gasteiger partial charge in [-0.25, -0.2) is 4.98 Å². The molecule has 3 heterocycles. The molecule has 25 heavy (non-hydrogen) atoms. The van der Waals surface area contributed by atoms with Gasteiger partial charge >= 0.3 is 0 Å². The first-order valence-corrected chi connectivity index (χ1v) is 8.08. The molecule has 0 aliphatic carbocycles. The standard InChI is InChI=1S/C17H19N7O/c1-17(2,18)14-9-12(21-22-14)16-20-15(23-25-16)7-8-24-10-19-11-5-3-4-6-13(11)24/h3-6,9-10H,7-8,18H2,1-2H3,(H,21,22). The number of H-pyrrole nitrogens is 1. The van der Waals surface area contributed by atoms with Crippen molar-refractivity contribution in [2.45, 2.75) is 32.4 Å². The second kappa shape index (κ2) is 5.82. The Morgan fingerprint density at radius 2 is 2.12 bits per heavy atom. The minimum absolute atomic E-state index is 0.386. The van der Waals surface area contributed by atoms with Gasteiger partial charge < -0.3 is 14.8 Å². The van der Waals surface area contributed by atoms with Gasteiger partial charge in [0.2, 0.25) is 0 Å². The predicted molar refractivity (Wildman–Crippen MR) is 92.5 cm³/mol. The molecule has 0 aliphatic heterocycles. The van der Waals surface area contributed by atoms with Crippen LogP contribution in [0.4, 0.5) is 0 Å². The van der Waals surface area contributed by atoms with E-state index in [2.05, 4.69) is 29.9 Å². The van der Waals surface area contributed by atoms with Gasteiger partial charge in [0.25, 0.3) is 5.89 Å². The van der Waals surface area contributed by atoms with Crippen molar-refractivity contribution in [2.24, 2.45) is 5.73 Å². The highest BCUT2D eigenvalue weighted by Crippen LogP contribution is 2.21. The number of para-hydroxylation sites is 2. The summed E-state index contributed by atoms with van der Waals surface area (Å²) in [5.74, 6) is 1.02. The lowest BCUT2D eigenvalue weighted by Gasteiger charge is -2.14. The minimum Gasteiger partial charge on any atom is -0.332 e. The van der Waals surface area contributed by atoms with Gasteiger partial charge in [-0.3, -0.25) is 5.10 Å². The van der Waals surface area contributed by atoms with Crippen LogP contribution >= 0.6 is 0 Å². The van der Waals surface area contributed by atoms with Crippen LogP contribution < -0.4 is 5.73 Å². The number of aromatic nitrogens is 6. The molecule has 0 atom stereocenters. The van der Waals surface area contributed by atoms with Crippen molar-refractivity contribution in [1.29, 1.82) is 0 Å². The maximum absolute atomic E-state index is 6.05. The third-order valence-corrected chi connectivity index (χ3v) is 4.06. The summed E-state index contributed by atoms with van der Waals surface area (Å²) < 4.78 is 7.40. The van der Waals surface area contributed by atoms with Crippen LogP contribution in [0.25, 0.3) is 22.6 Å². The number of hydrogen-bond donors (Lipinski definition) is 2. The second-order valence-corrected chi connectivity index (χ2v) is 6.58. The molecule has 128 valence electrons. The smallest absolute Gasteiger partial charge is 0.278 e. The number of fused-ring (bicyclic) bond motifs is 1. The molecule has 1 aromatic carbocycles. The molecule has 3 N–H and O–H groups in total. The van der Waals surface area contributed by atoms with E-state index in [0.29, 0.717) is 23.8 Å². The molecule has 0 radical (unpaired) electrons. The third-order valence-electron chi connectivity index (χ3n) is 4.06. The first kappa shape index (κ1) is 15.5. The zero-order chi connectivity index (χ0) is 17.4. The monoisotopic (exact) mass is 337 g/mol. The highest BCUT2D eigenvalue weighted by Gasteiger charge is 2.20. The summed E-state index contributed by atoms with van der Waals surface area (Å²) in [6, 6.07) is 9.85. The maximum atomic E-state index is 6.05. The van der Waals surface area contributed by atoms with Crippen LogP contribution in [-0.4, -0.2) is 29.9 Å².